The summed E-state index contributed by atoms with van der Waals surface area (Å²) >= 11 is 0. The SMILES string of the molecule is CCC1CCC(CNc2nc(C)ccc2C#N)CC1. The minimum atomic E-state index is 0.646. The van der Waals surface area contributed by atoms with E-state index in [1.807, 2.05) is 19.1 Å². The van der Waals surface area contributed by atoms with Gasteiger partial charge < -0.3 is 5.32 Å². The van der Waals surface area contributed by atoms with Crippen LogP contribution in [0.25, 0.3) is 0 Å². The molecule has 0 aliphatic heterocycles. The quantitative estimate of drug-likeness (QED) is 0.890. The molecule has 0 radical (unpaired) electrons. The highest BCUT2D eigenvalue weighted by molar-refractivity contribution is 5.52. The molecule has 0 unspecified atom stereocenters. The van der Waals surface area contributed by atoms with Gasteiger partial charge in [0.15, 0.2) is 0 Å². The Labute approximate surface area is 116 Å². The smallest absolute Gasteiger partial charge is 0.144 e. The van der Waals surface area contributed by atoms with Crippen molar-refractivity contribution in [2.45, 2.75) is 46.0 Å². The molecule has 0 spiro atoms. The number of hydrogen-bond acceptors (Lipinski definition) is 3. The number of pyridine rings is 1. The minimum Gasteiger partial charge on any atom is -0.369 e. The second-order valence-corrected chi connectivity index (χ2v) is 5.64. The minimum absolute atomic E-state index is 0.646. The zero-order chi connectivity index (χ0) is 13.7. The lowest BCUT2D eigenvalue weighted by Crippen LogP contribution is -2.21. The maximum atomic E-state index is 9.08. The molecule has 0 amide bonds. The van der Waals surface area contributed by atoms with Crippen molar-refractivity contribution in [3.8, 4) is 6.07 Å². The third kappa shape index (κ3) is 3.70. The fourth-order valence-electron chi connectivity index (χ4n) is 2.87. The van der Waals surface area contributed by atoms with Crippen LogP contribution in [0.3, 0.4) is 0 Å². The van der Waals surface area contributed by atoms with Crippen molar-refractivity contribution in [2.24, 2.45) is 11.8 Å². The topological polar surface area (TPSA) is 48.7 Å². The molecule has 3 nitrogen and oxygen atoms in total. The molecule has 1 N–H and O–H groups in total. The van der Waals surface area contributed by atoms with Crippen LogP contribution in [-0.4, -0.2) is 11.5 Å². The summed E-state index contributed by atoms with van der Waals surface area (Å²) in [5, 5.41) is 12.5. The number of aromatic nitrogens is 1. The molecule has 1 fully saturated rings. The van der Waals surface area contributed by atoms with Crippen LogP contribution in [0, 0.1) is 30.1 Å². The summed E-state index contributed by atoms with van der Waals surface area (Å²) in [7, 11) is 0. The van der Waals surface area contributed by atoms with E-state index in [2.05, 4.69) is 23.3 Å². The van der Waals surface area contributed by atoms with E-state index in [1.165, 1.54) is 32.1 Å². The van der Waals surface area contributed by atoms with Gasteiger partial charge in [-0.05, 0) is 43.7 Å². The Morgan fingerprint density at radius 3 is 2.58 bits per heavy atom. The van der Waals surface area contributed by atoms with Gasteiger partial charge in [-0.25, -0.2) is 4.98 Å². The molecule has 19 heavy (non-hydrogen) atoms. The first-order valence-electron chi connectivity index (χ1n) is 7.34. The Hall–Kier alpha value is -1.56. The molecule has 1 aromatic rings. The Morgan fingerprint density at radius 2 is 1.95 bits per heavy atom. The number of nitrogens with zero attached hydrogens (tertiary/aromatic N) is 2. The summed E-state index contributed by atoms with van der Waals surface area (Å²) in [6.07, 6.45) is 6.64. The van der Waals surface area contributed by atoms with E-state index in [0.29, 0.717) is 5.56 Å². The van der Waals surface area contributed by atoms with Crippen LogP contribution in [-0.2, 0) is 0 Å². The summed E-state index contributed by atoms with van der Waals surface area (Å²) in [6, 6.07) is 5.93. The lowest BCUT2D eigenvalue weighted by atomic mass is 9.81. The van der Waals surface area contributed by atoms with Crippen molar-refractivity contribution < 1.29 is 0 Å². The van der Waals surface area contributed by atoms with Crippen molar-refractivity contribution in [1.29, 1.82) is 5.26 Å². The highest BCUT2D eigenvalue weighted by Gasteiger charge is 2.20. The normalized spacial score (nSPS) is 22.8. The summed E-state index contributed by atoms with van der Waals surface area (Å²) in [4.78, 5) is 4.43. The lowest BCUT2D eigenvalue weighted by molar-refractivity contribution is 0.278. The second-order valence-electron chi connectivity index (χ2n) is 5.64. The number of nitrogens with one attached hydrogen (secondary N) is 1. The van der Waals surface area contributed by atoms with Gasteiger partial charge in [-0.2, -0.15) is 5.26 Å². The van der Waals surface area contributed by atoms with Gasteiger partial charge in [0, 0.05) is 12.2 Å². The number of nitriles is 1. The molecule has 0 bridgehead atoms. The average Bonchev–Trinajstić information content (AvgIpc) is 2.46. The van der Waals surface area contributed by atoms with Crippen LogP contribution in [0.2, 0.25) is 0 Å². The first-order chi connectivity index (χ1) is 9.22. The van der Waals surface area contributed by atoms with E-state index in [-0.39, 0.29) is 0 Å². The third-order valence-electron chi connectivity index (χ3n) is 4.26. The van der Waals surface area contributed by atoms with Crippen molar-refractivity contribution in [3.63, 3.8) is 0 Å². The molecule has 1 saturated carbocycles. The molecular weight excluding hydrogens is 234 g/mol. The van der Waals surface area contributed by atoms with Gasteiger partial charge in [0.1, 0.15) is 11.9 Å². The van der Waals surface area contributed by atoms with E-state index in [9.17, 15) is 0 Å². The fourth-order valence-corrected chi connectivity index (χ4v) is 2.87. The Balaban J connectivity index is 1.89. The summed E-state index contributed by atoms with van der Waals surface area (Å²) < 4.78 is 0. The molecule has 0 aromatic carbocycles. The molecule has 0 atom stereocenters. The van der Waals surface area contributed by atoms with Gasteiger partial charge >= 0.3 is 0 Å². The predicted octanol–water partition coefficient (Wildman–Crippen LogP) is 3.89. The molecule has 1 aromatic heterocycles. The second kappa shape index (κ2) is 6.56. The van der Waals surface area contributed by atoms with Crippen molar-refractivity contribution in [2.75, 3.05) is 11.9 Å². The zero-order valence-electron chi connectivity index (χ0n) is 11.9. The molecule has 1 aliphatic carbocycles. The number of aryl methyl sites for hydroxylation is 1. The Bertz CT molecular complexity index is 454. The van der Waals surface area contributed by atoms with E-state index in [1.54, 1.807) is 0 Å². The van der Waals surface area contributed by atoms with Crippen LogP contribution >= 0.6 is 0 Å². The molecule has 0 saturated heterocycles. The van der Waals surface area contributed by atoms with Gasteiger partial charge in [0.05, 0.1) is 5.56 Å². The summed E-state index contributed by atoms with van der Waals surface area (Å²) in [5.74, 6) is 2.42. The monoisotopic (exact) mass is 257 g/mol. The van der Waals surface area contributed by atoms with Crippen LogP contribution in [0.15, 0.2) is 12.1 Å². The first kappa shape index (κ1) is 13.9. The molecular formula is C16H23N3. The molecule has 102 valence electrons. The molecule has 1 aliphatic rings. The fraction of sp³-hybridized carbons (Fsp3) is 0.625. The van der Waals surface area contributed by atoms with Crippen LogP contribution in [0.1, 0.15) is 50.3 Å². The van der Waals surface area contributed by atoms with Crippen molar-refractivity contribution >= 4 is 5.82 Å². The van der Waals surface area contributed by atoms with Crippen molar-refractivity contribution in [1.82, 2.24) is 4.98 Å². The third-order valence-corrected chi connectivity index (χ3v) is 4.26. The van der Waals surface area contributed by atoms with E-state index in [4.69, 9.17) is 5.26 Å². The van der Waals surface area contributed by atoms with Gasteiger partial charge in [-0.3, -0.25) is 0 Å². The van der Waals surface area contributed by atoms with Gasteiger partial charge in [-0.1, -0.05) is 26.2 Å². The maximum absolute atomic E-state index is 9.08. The maximum Gasteiger partial charge on any atom is 0.144 e. The largest absolute Gasteiger partial charge is 0.369 e. The van der Waals surface area contributed by atoms with Crippen molar-refractivity contribution in [3.05, 3.63) is 23.4 Å². The average molecular weight is 257 g/mol. The Kier molecular flexibility index (Phi) is 4.79. The standard InChI is InChI=1S/C16H23N3/c1-3-13-5-7-14(8-6-13)11-18-16-15(10-17)9-4-12(2)19-16/h4,9,13-14H,3,5-8,11H2,1-2H3,(H,18,19). The van der Waals surface area contributed by atoms with Gasteiger partial charge in [0.25, 0.3) is 0 Å². The van der Waals surface area contributed by atoms with E-state index < -0.39 is 0 Å². The highest BCUT2D eigenvalue weighted by atomic mass is 15.0. The van der Waals surface area contributed by atoms with E-state index >= 15 is 0 Å². The van der Waals surface area contributed by atoms with Gasteiger partial charge in [-0.15, -0.1) is 0 Å². The number of hydrogen-bond donors (Lipinski definition) is 1. The first-order valence-corrected chi connectivity index (χ1v) is 7.34. The number of anilines is 1. The number of rotatable bonds is 4. The van der Waals surface area contributed by atoms with Gasteiger partial charge in [0.2, 0.25) is 0 Å². The highest BCUT2D eigenvalue weighted by Crippen LogP contribution is 2.30. The van der Waals surface area contributed by atoms with Crippen LogP contribution in [0.4, 0.5) is 5.82 Å². The Morgan fingerprint density at radius 1 is 1.26 bits per heavy atom. The zero-order valence-corrected chi connectivity index (χ0v) is 11.9. The summed E-state index contributed by atoms with van der Waals surface area (Å²) in [5.41, 5.74) is 1.60. The van der Waals surface area contributed by atoms with E-state index in [0.717, 1.165) is 29.9 Å². The predicted molar refractivity (Wildman–Crippen MR) is 77.9 cm³/mol. The molecule has 2 rings (SSSR count). The molecule has 1 heterocycles. The van der Waals surface area contributed by atoms with Crippen LogP contribution < -0.4 is 5.32 Å². The molecule has 3 heteroatoms. The van der Waals surface area contributed by atoms with Crippen LogP contribution in [0.5, 0.6) is 0 Å². The summed E-state index contributed by atoms with van der Waals surface area (Å²) in [6.45, 7) is 5.19. The lowest BCUT2D eigenvalue weighted by Gasteiger charge is -2.28.